The van der Waals surface area contributed by atoms with Gasteiger partial charge in [0.1, 0.15) is 49.6 Å². The fourth-order valence-electron chi connectivity index (χ4n) is 7.49. The summed E-state index contributed by atoms with van der Waals surface area (Å²) in [5.74, 6) is -1.88. The van der Waals surface area contributed by atoms with Gasteiger partial charge in [-0.2, -0.15) is 0 Å². The van der Waals surface area contributed by atoms with Crippen molar-refractivity contribution in [1.82, 2.24) is 47.7 Å². The highest BCUT2D eigenvalue weighted by Crippen LogP contribution is 2.27. The number of hydrogen-bond donors (Lipinski definition) is 6. The summed E-state index contributed by atoms with van der Waals surface area (Å²) in [6, 6.07) is 19.1. The van der Waals surface area contributed by atoms with Crippen molar-refractivity contribution in [3.8, 4) is 34.3 Å². The number of nitrogens with two attached hydrogens (primary N) is 1. The number of imidazole rings is 3. The number of aromatic hydroxyl groups is 3. The number of nitrogens with zero attached hydrogens (tertiary/aromatic N) is 9. The average molecular weight is 1270 g/mol. The highest BCUT2D eigenvalue weighted by Gasteiger charge is 2.19. The maximum absolute atomic E-state index is 12.5. The van der Waals surface area contributed by atoms with Crippen molar-refractivity contribution in [3.05, 3.63) is 224 Å². The van der Waals surface area contributed by atoms with Crippen molar-refractivity contribution in [3.63, 3.8) is 0 Å². The van der Waals surface area contributed by atoms with Crippen LogP contribution in [0.3, 0.4) is 0 Å². The number of benzene rings is 3. The number of rotatable bonds is 6. The Labute approximate surface area is 475 Å². The molecule has 9 aromatic rings. The Morgan fingerprint density at radius 3 is 1.14 bits per heavy atom. The Kier molecular flexibility index (Phi) is 20.9. The Morgan fingerprint density at radius 2 is 0.810 bits per heavy atom. The van der Waals surface area contributed by atoms with Crippen LogP contribution in [0.15, 0.2) is 157 Å². The van der Waals surface area contributed by atoms with Crippen molar-refractivity contribution in [2.24, 2.45) is 5.73 Å². The number of nitrogens with one attached hydrogen (secondary N) is 1. The van der Waals surface area contributed by atoms with E-state index >= 15 is 0 Å². The van der Waals surface area contributed by atoms with Crippen LogP contribution in [-0.2, 0) is 0 Å². The third-order valence-corrected chi connectivity index (χ3v) is 13.7. The van der Waals surface area contributed by atoms with E-state index in [1.165, 1.54) is 90.0 Å². The first-order chi connectivity index (χ1) is 37.5. The minimum Gasteiger partial charge on any atom is -0.506 e. The van der Waals surface area contributed by atoms with Gasteiger partial charge in [0.2, 0.25) is 0 Å². The van der Waals surface area contributed by atoms with Gasteiger partial charge >= 0.3 is 12.0 Å². The molecule has 0 aliphatic heterocycles. The lowest BCUT2D eigenvalue weighted by Gasteiger charge is -2.15. The molecule has 410 valence electrons. The molecule has 79 heavy (non-hydrogen) atoms. The molecule has 6 aromatic heterocycles. The quantitative estimate of drug-likeness (QED) is 0.0922. The molecule has 0 aliphatic rings. The maximum atomic E-state index is 12.5. The summed E-state index contributed by atoms with van der Waals surface area (Å²) in [7, 11) is 3.05. The second kappa shape index (κ2) is 27.0. The van der Waals surface area contributed by atoms with E-state index in [1.807, 2.05) is 13.8 Å². The molecule has 7 N–H and O–H groups in total. The number of aromatic carboxylic acids is 1. The van der Waals surface area contributed by atoms with Crippen LogP contribution in [-0.4, -0.2) is 101 Å². The fourth-order valence-corrected chi connectivity index (χ4v) is 8.36. The molecule has 0 unspecified atom stereocenters. The third-order valence-electron chi connectivity index (χ3n) is 11.5. The van der Waals surface area contributed by atoms with Crippen molar-refractivity contribution in [1.29, 1.82) is 0 Å². The Morgan fingerprint density at radius 1 is 0.494 bits per heavy atom. The smallest absolute Gasteiger partial charge is 0.338 e. The number of amides is 1. The summed E-state index contributed by atoms with van der Waals surface area (Å²) >= 11 is 9.22. The summed E-state index contributed by atoms with van der Waals surface area (Å²) < 4.78 is 8.64. The van der Waals surface area contributed by atoms with Crippen LogP contribution < -0.4 is 27.7 Å². The number of carboxylic acid groups (broad SMARTS) is 1. The van der Waals surface area contributed by atoms with Crippen LogP contribution >= 0.6 is 47.8 Å². The summed E-state index contributed by atoms with van der Waals surface area (Å²) in [4.78, 5) is 95.2. The Hall–Kier alpha value is -8.78. The molecule has 0 bridgehead atoms. The third kappa shape index (κ3) is 14.0. The number of carbonyl (C=O) groups is 4. The molecule has 0 radical (unpaired) electrons. The largest absolute Gasteiger partial charge is 0.506 e. The summed E-state index contributed by atoms with van der Waals surface area (Å²) in [5.41, 5.74) is 10.1. The van der Waals surface area contributed by atoms with E-state index in [-0.39, 0.29) is 65.2 Å². The van der Waals surface area contributed by atoms with Crippen molar-refractivity contribution >= 4 is 71.6 Å². The highest BCUT2D eigenvalue weighted by atomic mass is 79.9. The van der Waals surface area contributed by atoms with Crippen molar-refractivity contribution < 1.29 is 39.6 Å². The molecule has 0 fully saturated rings. The standard InChI is InChI=1S/C17H14BrN3O3.C15H15BrN2O3.C14H12BrNO4.C7H6N4O.CH5N/c1-10-3-4-12(16(23)20-6-5-19-9-20)8-13(10)21-11(2)7-14(22)15(18)17(21)24;1-8-4-5-10(14(20)17-3)7-11(8)18-9(2)6-12(19)13(16)15(18)21;1-7-3-4-9(14(19)20)6-10(7)16-8(2)5-11(17)12(15)13(16)18;12-7(10-3-1-8-5-10)11-4-2-9-6-11;1-2/h3-9,22H,1-2H3;4-7,19H,1-3H3,(H,17,20);3-6,17H,1-2H3,(H,19,20);1-6H;2H2,1H3. The maximum Gasteiger partial charge on any atom is 0.338 e. The minimum atomic E-state index is -1.06. The zero-order valence-corrected chi connectivity index (χ0v) is 48.3. The predicted octanol–water partition coefficient (Wildman–Crippen LogP) is 7.88. The molecule has 0 aliphatic carbocycles. The lowest BCUT2D eigenvalue weighted by atomic mass is 10.1. The van der Waals surface area contributed by atoms with Gasteiger partial charge in [-0.3, -0.25) is 51.4 Å². The number of carboxylic acids is 1. The fraction of sp³-hybridized carbons (Fsp3) is 0.148. The summed E-state index contributed by atoms with van der Waals surface area (Å²) in [6.07, 6.45) is 13.7. The summed E-state index contributed by atoms with van der Waals surface area (Å²) in [5, 5.41) is 40.7. The molecular weight excluding hydrogens is 1220 g/mol. The van der Waals surface area contributed by atoms with Gasteiger partial charge < -0.3 is 31.5 Å². The molecule has 0 saturated heterocycles. The number of aromatic nitrogens is 9. The SMILES string of the molecule is CN.CNC(=O)c1ccc(C)c(-n2c(C)cc(O)c(Br)c2=O)c1.Cc1ccc(C(=O)O)cc1-n1c(C)cc(O)c(Br)c1=O.Cc1ccc(C(=O)n2ccnc2)cc1-n1c(C)cc(O)c(Br)c1=O.O=C(n1ccnc1)n1ccnc1. The van der Waals surface area contributed by atoms with E-state index in [2.05, 4.69) is 73.8 Å². The normalized spacial score (nSPS) is 10.3. The lowest BCUT2D eigenvalue weighted by Crippen LogP contribution is -2.23. The first kappa shape index (κ1) is 61.1. The molecular formula is C54H52Br3N11O11. The van der Waals surface area contributed by atoms with Gasteiger partial charge in [0, 0.05) is 90.6 Å². The van der Waals surface area contributed by atoms with Crippen LogP contribution in [0.4, 0.5) is 4.79 Å². The first-order valence-electron chi connectivity index (χ1n) is 23.2. The monoisotopic (exact) mass is 1270 g/mol. The molecule has 1 amide bonds. The molecule has 25 heteroatoms. The van der Waals surface area contributed by atoms with E-state index in [9.17, 15) is 48.9 Å². The summed E-state index contributed by atoms with van der Waals surface area (Å²) in [6.45, 7) is 10.6. The predicted molar refractivity (Wildman–Crippen MR) is 306 cm³/mol. The van der Waals surface area contributed by atoms with E-state index < -0.39 is 11.5 Å². The topological polar surface area (TPSA) is 307 Å². The van der Waals surface area contributed by atoms with Crippen molar-refractivity contribution in [2.45, 2.75) is 41.5 Å². The molecule has 9 rings (SSSR count). The van der Waals surface area contributed by atoms with Crippen molar-refractivity contribution in [2.75, 3.05) is 14.1 Å². The number of aryl methyl sites for hydroxylation is 6. The molecule has 22 nitrogen and oxygen atoms in total. The van der Waals surface area contributed by atoms with E-state index in [1.54, 1.807) is 108 Å². The van der Waals surface area contributed by atoms with Gasteiger partial charge in [-0.05, 0) is 149 Å². The lowest BCUT2D eigenvalue weighted by molar-refractivity contribution is 0.0696. The number of hydrogen-bond acceptors (Lipinski definition) is 14. The average Bonchev–Trinajstić information content (AvgIpc) is 4.30. The molecule has 0 spiro atoms. The number of pyridine rings is 3. The van der Waals surface area contributed by atoms with Gasteiger partial charge in [-0.1, -0.05) is 18.2 Å². The molecule has 3 aromatic carbocycles. The molecule has 0 atom stereocenters. The van der Waals surface area contributed by atoms with E-state index in [4.69, 9.17) is 5.11 Å². The molecule has 0 saturated carbocycles. The second-order valence-electron chi connectivity index (χ2n) is 16.8. The van der Waals surface area contributed by atoms with Gasteiger partial charge in [0.15, 0.2) is 0 Å². The van der Waals surface area contributed by atoms with Crippen LogP contribution in [0.5, 0.6) is 17.2 Å². The van der Waals surface area contributed by atoms with Crippen LogP contribution in [0.25, 0.3) is 17.1 Å². The van der Waals surface area contributed by atoms with E-state index in [0.29, 0.717) is 45.3 Å². The number of halogens is 3. The minimum absolute atomic E-state index is 0.0447. The van der Waals surface area contributed by atoms with Gasteiger partial charge in [0.25, 0.3) is 28.5 Å². The van der Waals surface area contributed by atoms with Gasteiger partial charge in [-0.25, -0.2) is 24.5 Å². The number of carbonyl (C=O) groups excluding carboxylic acids is 3. The Bertz CT molecular complexity index is 3850. The Balaban J connectivity index is 0.000000196. The van der Waals surface area contributed by atoms with E-state index in [0.717, 1.165) is 16.7 Å². The van der Waals surface area contributed by atoms with Crippen LogP contribution in [0, 0.1) is 41.5 Å². The first-order valence-corrected chi connectivity index (χ1v) is 25.6. The van der Waals surface area contributed by atoms with Gasteiger partial charge in [-0.15, -0.1) is 0 Å². The van der Waals surface area contributed by atoms with Crippen LogP contribution in [0.1, 0.15) is 64.8 Å². The second-order valence-corrected chi connectivity index (χ2v) is 19.1. The van der Waals surface area contributed by atoms with Crippen LogP contribution in [0.2, 0.25) is 0 Å². The zero-order valence-electron chi connectivity index (χ0n) is 43.5. The highest BCUT2D eigenvalue weighted by molar-refractivity contribution is 9.11. The zero-order chi connectivity index (χ0) is 58.6. The molecule has 6 heterocycles. The van der Waals surface area contributed by atoms with Gasteiger partial charge in [0.05, 0.1) is 22.6 Å².